The fourth-order valence-corrected chi connectivity index (χ4v) is 8.86. The molecular weight excluding hydrogens is 550 g/mol. The molecule has 43 heavy (non-hydrogen) atoms. The molecule has 1 aromatic carbocycles. The van der Waals surface area contributed by atoms with Crippen molar-refractivity contribution in [2.45, 2.75) is 89.7 Å². The van der Waals surface area contributed by atoms with E-state index in [2.05, 4.69) is 12.2 Å². The molecule has 0 radical (unpaired) electrons. The number of allylic oxidation sites excluding steroid dienone is 1. The number of rotatable bonds is 9. The summed E-state index contributed by atoms with van der Waals surface area (Å²) < 4.78 is 10.1. The van der Waals surface area contributed by atoms with Crippen LogP contribution in [0.2, 0.25) is 0 Å². The molecule has 9 heteroatoms. The lowest BCUT2D eigenvalue weighted by molar-refractivity contribution is -0.170. The molecule has 3 saturated carbocycles. The number of hydrogen-bond acceptors (Lipinski definition) is 8. The van der Waals surface area contributed by atoms with Gasteiger partial charge in [-0.05, 0) is 79.8 Å². The number of fused-ring (bicyclic) bond motifs is 5. The van der Waals surface area contributed by atoms with Crippen LogP contribution in [-0.2, 0) is 33.4 Å². The Labute approximate surface area is 252 Å². The van der Waals surface area contributed by atoms with E-state index < -0.39 is 47.3 Å². The third-order valence-corrected chi connectivity index (χ3v) is 11.4. The van der Waals surface area contributed by atoms with Gasteiger partial charge in [-0.15, -0.1) is 0 Å². The highest BCUT2D eigenvalue weighted by Crippen LogP contribution is 2.67. The summed E-state index contributed by atoms with van der Waals surface area (Å²) in [7, 11) is 1.23. The smallest absolute Gasteiger partial charge is 0.333 e. The molecule has 7 atom stereocenters. The predicted octanol–water partition coefficient (Wildman–Crippen LogP) is 4.17. The highest BCUT2D eigenvalue weighted by Gasteiger charge is 2.66. The monoisotopic (exact) mass is 593 g/mol. The molecule has 1 amide bonds. The Balaban J connectivity index is 1.16. The number of carbonyl (C=O) groups excluding carboxylic acids is 5. The molecule has 0 saturated heterocycles. The number of carbonyl (C=O) groups is 5. The second-order valence-corrected chi connectivity index (χ2v) is 13.3. The lowest BCUT2D eigenvalue weighted by Crippen LogP contribution is -2.58. The van der Waals surface area contributed by atoms with Gasteiger partial charge in [-0.2, -0.15) is 0 Å². The third kappa shape index (κ3) is 5.56. The SMILES string of the molecule is COC(=O)[C@H](NC(=O)CCC(=O)OCC(=O)[C@@]1(O)CC[C@@H]2[C@H]3CCC4=CC(=O)CC[C@]4(C)[C@@H]3CC[C@@]21C)c1ccccc1. The maximum absolute atomic E-state index is 13.5. The van der Waals surface area contributed by atoms with Gasteiger partial charge >= 0.3 is 11.9 Å². The second-order valence-electron chi connectivity index (χ2n) is 13.3. The Kier molecular flexibility index (Phi) is 8.67. The van der Waals surface area contributed by atoms with Crippen LogP contribution in [0, 0.1) is 28.6 Å². The molecule has 5 rings (SSSR count). The first kappa shape index (κ1) is 31.1. The first-order valence-corrected chi connectivity index (χ1v) is 15.5. The fraction of sp³-hybridized carbons (Fsp3) is 0.618. The first-order valence-electron chi connectivity index (χ1n) is 15.5. The Morgan fingerprint density at radius 2 is 1.70 bits per heavy atom. The number of benzene rings is 1. The van der Waals surface area contributed by atoms with Gasteiger partial charge in [0, 0.05) is 18.3 Å². The summed E-state index contributed by atoms with van der Waals surface area (Å²) in [5.74, 6) is -1.17. The van der Waals surface area contributed by atoms with Gasteiger partial charge in [-0.1, -0.05) is 49.8 Å². The maximum atomic E-state index is 13.5. The molecule has 0 spiro atoms. The number of ketones is 2. The van der Waals surface area contributed by atoms with Crippen molar-refractivity contribution in [3.63, 3.8) is 0 Å². The zero-order valence-corrected chi connectivity index (χ0v) is 25.4. The minimum atomic E-state index is -1.58. The van der Waals surface area contributed by atoms with E-state index in [-0.39, 0.29) is 30.0 Å². The molecule has 3 fully saturated rings. The van der Waals surface area contributed by atoms with Crippen LogP contribution in [0.5, 0.6) is 0 Å². The lowest BCUT2D eigenvalue weighted by atomic mass is 9.46. The average Bonchev–Trinajstić information content (AvgIpc) is 3.29. The molecule has 232 valence electrons. The lowest BCUT2D eigenvalue weighted by Gasteiger charge is -2.58. The number of aliphatic hydroxyl groups is 1. The van der Waals surface area contributed by atoms with Gasteiger partial charge in [0.25, 0.3) is 0 Å². The number of ether oxygens (including phenoxy) is 2. The minimum absolute atomic E-state index is 0.00264. The Bertz CT molecular complexity index is 1320. The number of amides is 1. The van der Waals surface area contributed by atoms with Crippen LogP contribution in [0.4, 0.5) is 0 Å². The fourth-order valence-electron chi connectivity index (χ4n) is 8.86. The van der Waals surface area contributed by atoms with Crippen molar-refractivity contribution in [2.75, 3.05) is 13.7 Å². The first-order chi connectivity index (χ1) is 20.4. The zero-order valence-electron chi connectivity index (χ0n) is 25.4. The van der Waals surface area contributed by atoms with Crippen molar-refractivity contribution in [3.8, 4) is 0 Å². The van der Waals surface area contributed by atoms with E-state index in [0.717, 1.165) is 32.1 Å². The second kappa shape index (κ2) is 12.0. The topological polar surface area (TPSA) is 136 Å². The van der Waals surface area contributed by atoms with E-state index in [1.165, 1.54) is 12.7 Å². The van der Waals surface area contributed by atoms with E-state index in [4.69, 9.17) is 9.47 Å². The van der Waals surface area contributed by atoms with Crippen LogP contribution in [0.15, 0.2) is 42.0 Å². The summed E-state index contributed by atoms with van der Waals surface area (Å²) in [4.78, 5) is 62.8. The van der Waals surface area contributed by atoms with Crippen LogP contribution in [0.3, 0.4) is 0 Å². The Morgan fingerprint density at radius 3 is 2.42 bits per heavy atom. The minimum Gasteiger partial charge on any atom is -0.467 e. The van der Waals surface area contributed by atoms with Crippen LogP contribution in [0.1, 0.15) is 89.7 Å². The zero-order chi connectivity index (χ0) is 31.0. The van der Waals surface area contributed by atoms with Crippen molar-refractivity contribution >= 4 is 29.4 Å². The summed E-state index contributed by atoms with van der Waals surface area (Å²) in [6.07, 6.45) is 7.33. The van der Waals surface area contributed by atoms with Crippen LogP contribution < -0.4 is 5.32 Å². The largest absolute Gasteiger partial charge is 0.467 e. The van der Waals surface area contributed by atoms with Crippen molar-refractivity contribution < 1.29 is 38.6 Å². The summed E-state index contributed by atoms with van der Waals surface area (Å²) in [5.41, 5.74) is -0.361. The number of hydrogen-bond donors (Lipinski definition) is 2. The summed E-state index contributed by atoms with van der Waals surface area (Å²) >= 11 is 0. The third-order valence-electron chi connectivity index (χ3n) is 11.4. The van der Waals surface area contributed by atoms with Crippen LogP contribution in [-0.4, -0.2) is 53.8 Å². The van der Waals surface area contributed by atoms with Crippen LogP contribution in [0.25, 0.3) is 0 Å². The molecule has 0 unspecified atom stereocenters. The van der Waals surface area contributed by atoms with Crippen molar-refractivity contribution in [1.82, 2.24) is 5.32 Å². The molecule has 4 aliphatic carbocycles. The van der Waals surface area contributed by atoms with Gasteiger partial charge in [0.05, 0.1) is 13.5 Å². The summed E-state index contributed by atoms with van der Waals surface area (Å²) in [5, 5.41) is 14.4. The average molecular weight is 594 g/mol. The molecule has 0 bridgehead atoms. The van der Waals surface area contributed by atoms with E-state index in [1.54, 1.807) is 30.3 Å². The van der Waals surface area contributed by atoms with Crippen molar-refractivity contribution in [3.05, 3.63) is 47.5 Å². The van der Waals surface area contributed by atoms with Gasteiger partial charge < -0.3 is 19.9 Å². The standard InChI is InChI=1S/C34H43NO8/c1-32-16-13-23(36)19-22(32)9-10-24-25(32)14-17-33(2)26(24)15-18-34(33,41)27(37)20-43-29(39)12-11-28(38)35-30(31(40)42-3)21-7-5-4-6-8-21/h4-8,19,24-26,30,41H,9-18,20H2,1-3H3,(H,35,38)/t24-,25+,26+,30+,32-,33-,34-/m0/s1. The van der Waals surface area contributed by atoms with E-state index in [0.29, 0.717) is 36.7 Å². The van der Waals surface area contributed by atoms with E-state index >= 15 is 0 Å². The Morgan fingerprint density at radius 1 is 0.977 bits per heavy atom. The molecule has 0 aromatic heterocycles. The molecule has 2 N–H and O–H groups in total. The number of nitrogens with one attached hydrogen (secondary N) is 1. The molecule has 4 aliphatic rings. The molecule has 0 heterocycles. The van der Waals surface area contributed by atoms with Crippen molar-refractivity contribution in [2.24, 2.45) is 28.6 Å². The highest BCUT2D eigenvalue weighted by atomic mass is 16.5. The number of Topliss-reactive ketones (excluding diaryl/α,β-unsaturated/α-hetero) is 1. The van der Waals surface area contributed by atoms with Crippen LogP contribution >= 0.6 is 0 Å². The van der Waals surface area contributed by atoms with Gasteiger partial charge in [0.2, 0.25) is 11.7 Å². The summed E-state index contributed by atoms with van der Waals surface area (Å²) in [6, 6.07) is 7.63. The number of esters is 2. The quantitative estimate of drug-likeness (QED) is 0.407. The normalized spacial score (nSPS) is 33.6. The predicted molar refractivity (Wildman–Crippen MR) is 156 cm³/mol. The Hall–Kier alpha value is -3.33. The van der Waals surface area contributed by atoms with Crippen molar-refractivity contribution in [1.29, 1.82) is 0 Å². The highest BCUT2D eigenvalue weighted by molar-refractivity contribution is 5.92. The van der Waals surface area contributed by atoms with Gasteiger partial charge in [-0.25, -0.2) is 4.79 Å². The maximum Gasteiger partial charge on any atom is 0.333 e. The molecule has 9 nitrogen and oxygen atoms in total. The van der Waals surface area contributed by atoms with E-state index in [1.807, 2.05) is 13.0 Å². The van der Waals surface area contributed by atoms with Gasteiger partial charge in [0.1, 0.15) is 5.60 Å². The summed E-state index contributed by atoms with van der Waals surface area (Å²) in [6.45, 7) is 3.77. The van der Waals surface area contributed by atoms with E-state index in [9.17, 15) is 29.1 Å². The van der Waals surface area contributed by atoms with Gasteiger partial charge in [-0.3, -0.25) is 19.2 Å². The number of methoxy groups -OCH3 is 1. The molecule has 0 aliphatic heterocycles. The molecular formula is C34H43NO8. The molecule has 1 aromatic rings. The van der Waals surface area contributed by atoms with Gasteiger partial charge in [0.15, 0.2) is 18.4 Å².